The summed E-state index contributed by atoms with van der Waals surface area (Å²) in [4.78, 5) is 3.99. The molecule has 1 aromatic carbocycles. The van der Waals surface area contributed by atoms with Crippen LogP contribution in [0, 0.1) is 5.82 Å². The minimum atomic E-state index is -0.316. The van der Waals surface area contributed by atoms with Gasteiger partial charge in [-0.2, -0.15) is 0 Å². The Morgan fingerprint density at radius 1 is 1.00 bits per heavy atom. The molecule has 6 heteroatoms. The van der Waals surface area contributed by atoms with Crippen molar-refractivity contribution in [2.45, 2.75) is 0 Å². The van der Waals surface area contributed by atoms with Crippen molar-refractivity contribution in [1.29, 1.82) is 0 Å². The Kier molecular flexibility index (Phi) is 3.72. The van der Waals surface area contributed by atoms with E-state index in [-0.39, 0.29) is 16.0 Å². The van der Waals surface area contributed by atoms with Gasteiger partial charge in [0.25, 0.3) is 0 Å². The molecule has 0 fully saturated rings. The first-order chi connectivity index (χ1) is 8.06. The highest BCUT2D eigenvalue weighted by molar-refractivity contribution is 6.42. The lowest BCUT2D eigenvalue weighted by atomic mass is 10.3. The number of pyridine rings is 1. The first-order valence-electron chi connectivity index (χ1n) is 4.60. The number of anilines is 2. The highest BCUT2D eigenvalue weighted by atomic mass is 35.5. The zero-order chi connectivity index (χ0) is 12.4. The smallest absolute Gasteiger partial charge is 0.151 e. The number of benzene rings is 1. The molecule has 0 aliphatic heterocycles. The van der Waals surface area contributed by atoms with E-state index < -0.39 is 0 Å². The SMILES string of the molecule is Fc1ccc(Nc2nc(Cl)c(Cl)cc2Cl)cc1. The van der Waals surface area contributed by atoms with Gasteiger partial charge >= 0.3 is 0 Å². The molecule has 0 aliphatic carbocycles. The molecule has 17 heavy (non-hydrogen) atoms. The normalized spacial score (nSPS) is 10.4. The molecule has 0 unspecified atom stereocenters. The van der Waals surface area contributed by atoms with E-state index in [4.69, 9.17) is 34.8 Å². The van der Waals surface area contributed by atoms with E-state index in [1.165, 1.54) is 18.2 Å². The van der Waals surface area contributed by atoms with Crippen molar-refractivity contribution in [3.8, 4) is 0 Å². The Bertz CT molecular complexity index is 543. The lowest BCUT2D eigenvalue weighted by Gasteiger charge is -2.08. The molecule has 0 amide bonds. The molecule has 0 bridgehead atoms. The van der Waals surface area contributed by atoms with Crippen molar-refractivity contribution >= 4 is 46.3 Å². The molecule has 1 aromatic heterocycles. The summed E-state index contributed by atoms with van der Waals surface area (Å²) in [5, 5.41) is 3.68. The highest BCUT2D eigenvalue weighted by Gasteiger charge is 2.07. The lowest BCUT2D eigenvalue weighted by molar-refractivity contribution is 0.628. The second-order valence-corrected chi connectivity index (χ2v) is 4.40. The Hall–Kier alpha value is -1.03. The number of rotatable bonds is 2. The van der Waals surface area contributed by atoms with Crippen molar-refractivity contribution in [1.82, 2.24) is 4.98 Å². The fourth-order valence-electron chi connectivity index (χ4n) is 1.20. The maximum absolute atomic E-state index is 12.7. The molecule has 0 saturated heterocycles. The zero-order valence-corrected chi connectivity index (χ0v) is 10.6. The summed E-state index contributed by atoms with van der Waals surface area (Å²) in [6, 6.07) is 7.28. The number of nitrogens with zero attached hydrogens (tertiary/aromatic N) is 1. The quantitative estimate of drug-likeness (QED) is 0.794. The maximum atomic E-state index is 12.7. The molecular formula is C11H6Cl3FN2. The third-order valence-electron chi connectivity index (χ3n) is 1.99. The highest BCUT2D eigenvalue weighted by Crippen LogP contribution is 2.30. The lowest BCUT2D eigenvalue weighted by Crippen LogP contribution is -1.95. The van der Waals surface area contributed by atoms with Gasteiger partial charge in [0.05, 0.1) is 10.0 Å². The van der Waals surface area contributed by atoms with Crippen molar-refractivity contribution < 1.29 is 4.39 Å². The topological polar surface area (TPSA) is 24.9 Å². The second-order valence-electron chi connectivity index (χ2n) is 3.22. The molecule has 0 aliphatic rings. The van der Waals surface area contributed by atoms with Gasteiger partial charge in [0.2, 0.25) is 0 Å². The predicted octanol–water partition coefficient (Wildman–Crippen LogP) is 4.92. The Labute approximate surface area is 112 Å². The summed E-state index contributed by atoms with van der Waals surface area (Å²) in [6.07, 6.45) is 0. The van der Waals surface area contributed by atoms with E-state index in [9.17, 15) is 4.39 Å². The molecule has 2 aromatic rings. The molecule has 0 spiro atoms. The maximum Gasteiger partial charge on any atom is 0.151 e. The molecule has 0 radical (unpaired) electrons. The third-order valence-corrected chi connectivity index (χ3v) is 2.95. The number of aromatic nitrogens is 1. The van der Waals surface area contributed by atoms with Crippen molar-refractivity contribution in [3.05, 3.63) is 51.3 Å². The Morgan fingerprint density at radius 3 is 2.29 bits per heavy atom. The van der Waals surface area contributed by atoms with Crippen molar-refractivity contribution in [2.24, 2.45) is 0 Å². The summed E-state index contributed by atoms with van der Waals surface area (Å²) in [5.41, 5.74) is 0.652. The largest absolute Gasteiger partial charge is 0.339 e. The van der Waals surface area contributed by atoms with Crippen LogP contribution < -0.4 is 5.32 Å². The third kappa shape index (κ3) is 3.00. The predicted molar refractivity (Wildman–Crippen MR) is 68.9 cm³/mol. The van der Waals surface area contributed by atoms with Crippen LogP contribution in [-0.2, 0) is 0 Å². The molecular weight excluding hydrogens is 285 g/mol. The van der Waals surface area contributed by atoms with E-state index >= 15 is 0 Å². The molecule has 1 heterocycles. The molecule has 0 atom stereocenters. The number of halogens is 4. The molecule has 0 saturated carbocycles. The number of nitrogens with one attached hydrogen (secondary N) is 1. The first-order valence-corrected chi connectivity index (χ1v) is 5.74. The van der Waals surface area contributed by atoms with Crippen LogP contribution in [0.3, 0.4) is 0 Å². The van der Waals surface area contributed by atoms with Crippen LogP contribution in [0.5, 0.6) is 0 Å². The van der Waals surface area contributed by atoms with Crippen molar-refractivity contribution in [2.75, 3.05) is 5.32 Å². The van der Waals surface area contributed by atoms with Crippen LogP contribution >= 0.6 is 34.8 Å². The molecule has 2 rings (SSSR count). The standard InChI is InChI=1S/C11H6Cl3FN2/c12-8-5-9(13)11(17-10(8)14)16-7-3-1-6(15)2-4-7/h1-5H,(H,16,17). The van der Waals surface area contributed by atoms with Gasteiger partial charge < -0.3 is 5.32 Å². The average Bonchev–Trinajstić information content (AvgIpc) is 2.29. The van der Waals surface area contributed by atoms with Crippen LogP contribution in [0.15, 0.2) is 30.3 Å². The van der Waals surface area contributed by atoms with Crippen LogP contribution in [0.4, 0.5) is 15.9 Å². The van der Waals surface area contributed by atoms with Gasteiger partial charge in [0.1, 0.15) is 11.0 Å². The van der Waals surface area contributed by atoms with Gasteiger partial charge in [-0.1, -0.05) is 34.8 Å². The Morgan fingerprint density at radius 2 is 1.65 bits per heavy atom. The summed E-state index contributed by atoms with van der Waals surface area (Å²) in [6.45, 7) is 0. The van der Waals surface area contributed by atoms with E-state index in [0.717, 1.165) is 0 Å². The van der Waals surface area contributed by atoms with E-state index in [1.807, 2.05) is 0 Å². The molecule has 2 nitrogen and oxygen atoms in total. The fourth-order valence-corrected chi connectivity index (χ4v) is 1.75. The van der Waals surface area contributed by atoms with Crippen LogP contribution in [-0.4, -0.2) is 4.98 Å². The van der Waals surface area contributed by atoms with E-state index in [2.05, 4.69) is 10.3 Å². The number of hydrogen-bond acceptors (Lipinski definition) is 2. The monoisotopic (exact) mass is 290 g/mol. The van der Waals surface area contributed by atoms with E-state index in [1.54, 1.807) is 12.1 Å². The van der Waals surface area contributed by atoms with E-state index in [0.29, 0.717) is 16.5 Å². The van der Waals surface area contributed by atoms with Crippen LogP contribution in [0.2, 0.25) is 15.2 Å². The minimum absolute atomic E-state index is 0.153. The summed E-state index contributed by atoms with van der Waals surface area (Å²) in [5.74, 6) is 0.0522. The Balaban J connectivity index is 2.30. The van der Waals surface area contributed by atoms with Crippen LogP contribution in [0.25, 0.3) is 0 Å². The summed E-state index contributed by atoms with van der Waals surface area (Å²) in [7, 11) is 0. The first kappa shape index (κ1) is 12.4. The average molecular weight is 292 g/mol. The fraction of sp³-hybridized carbons (Fsp3) is 0. The van der Waals surface area contributed by atoms with Gasteiger partial charge in [-0.3, -0.25) is 0 Å². The minimum Gasteiger partial charge on any atom is -0.339 e. The van der Waals surface area contributed by atoms with Gasteiger partial charge in [-0.25, -0.2) is 9.37 Å². The van der Waals surface area contributed by atoms with Gasteiger partial charge in [-0.15, -0.1) is 0 Å². The second kappa shape index (κ2) is 5.08. The van der Waals surface area contributed by atoms with Gasteiger partial charge in [0, 0.05) is 5.69 Å². The molecule has 1 N–H and O–H groups in total. The van der Waals surface area contributed by atoms with Gasteiger partial charge in [-0.05, 0) is 30.3 Å². The summed E-state index contributed by atoms with van der Waals surface area (Å²) < 4.78 is 12.7. The van der Waals surface area contributed by atoms with Crippen molar-refractivity contribution in [3.63, 3.8) is 0 Å². The van der Waals surface area contributed by atoms with Gasteiger partial charge in [0.15, 0.2) is 5.82 Å². The van der Waals surface area contributed by atoms with Crippen LogP contribution in [0.1, 0.15) is 0 Å². The number of hydrogen-bond donors (Lipinski definition) is 1. The summed E-state index contributed by atoms with van der Waals surface area (Å²) >= 11 is 17.5. The zero-order valence-electron chi connectivity index (χ0n) is 8.35. The molecule has 88 valence electrons.